The second-order valence-electron chi connectivity index (χ2n) is 5.58. The fourth-order valence-corrected chi connectivity index (χ4v) is 3.03. The van der Waals surface area contributed by atoms with Crippen LogP contribution in [0.2, 0.25) is 0 Å². The van der Waals surface area contributed by atoms with E-state index >= 15 is 0 Å². The average molecular weight is 298 g/mol. The highest BCUT2D eigenvalue weighted by Gasteiger charge is 2.51. The lowest BCUT2D eigenvalue weighted by Gasteiger charge is -2.50. The number of nitrogens with zero attached hydrogens (tertiary/aromatic N) is 1. The standard InChI is InChI=1S/C15H20ClNO3/c1-4-10-6-7-12(11(8-10)17(18)19)20-14-9-13(16)15(14,3)5-2/h6-8,13-14H,4-5,9H2,1-3H3. The first-order valence-electron chi connectivity index (χ1n) is 7.00. The van der Waals surface area contributed by atoms with Crippen molar-refractivity contribution in [3.8, 4) is 5.75 Å². The molecule has 5 heteroatoms. The number of halogens is 1. The van der Waals surface area contributed by atoms with Gasteiger partial charge in [0.1, 0.15) is 6.10 Å². The first kappa shape index (κ1) is 15.1. The fourth-order valence-electron chi connectivity index (χ4n) is 2.58. The number of ether oxygens (including phenoxy) is 1. The lowest BCUT2D eigenvalue weighted by molar-refractivity contribution is -0.386. The lowest BCUT2D eigenvalue weighted by Crippen LogP contribution is -2.55. The van der Waals surface area contributed by atoms with E-state index in [4.69, 9.17) is 16.3 Å². The molecule has 110 valence electrons. The average Bonchev–Trinajstić information content (AvgIpc) is 2.45. The smallest absolute Gasteiger partial charge is 0.311 e. The Kier molecular flexibility index (Phi) is 4.23. The minimum atomic E-state index is -0.380. The van der Waals surface area contributed by atoms with Crippen LogP contribution in [0.4, 0.5) is 5.69 Å². The van der Waals surface area contributed by atoms with Gasteiger partial charge in [0.05, 0.1) is 4.92 Å². The Hall–Kier alpha value is -1.29. The van der Waals surface area contributed by atoms with Crippen LogP contribution >= 0.6 is 11.6 Å². The predicted molar refractivity (Wildman–Crippen MR) is 79.5 cm³/mol. The van der Waals surface area contributed by atoms with E-state index < -0.39 is 0 Å². The zero-order valence-corrected chi connectivity index (χ0v) is 12.8. The second kappa shape index (κ2) is 5.60. The predicted octanol–water partition coefficient (Wildman–Crippen LogP) is 4.33. The highest BCUT2D eigenvalue weighted by molar-refractivity contribution is 6.21. The third-order valence-electron chi connectivity index (χ3n) is 4.53. The maximum Gasteiger partial charge on any atom is 0.311 e. The molecule has 1 aromatic carbocycles. The number of nitro benzene ring substituents is 1. The van der Waals surface area contributed by atoms with E-state index in [9.17, 15) is 10.1 Å². The first-order chi connectivity index (χ1) is 9.42. The van der Waals surface area contributed by atoms with Crippen molar-refractivity contribution in [2.24, 2.45) is 5.41 Å². The number of rotatable bonds is 5. The van der Waals surface area contributed by atoms with E-state index in [2.05, 4.69) is 13.8 Å². The summed E-state index contributed by atoms with van der Waals surface area (Å²) in [6.07, 6.45) is 2.34. The Morgan fingerprint density at radius 1 is 1.50 bits per heavy atom. The highest BCUT2D eigenvalue weighted by atomic mass is 35.5. The van der Waals surface area contributed by atoms with Crippen LogP contribution in [0, 0.1) is 15.5 Å². The number of hydrogen-bond acceptors (Lipinski definition) is 3. The van der Waals surface area contributed by atoms with Gasteiger partial charge in [-0.25, -0.2) is 0 Å². The summed E-state index contributed by atoms with van der Waals surface area (Å²) in [6.45, 7) is 6.11. The van der Waals surface area contributed by atoms with Crippen molar-refractivity contribution in [3.63, 3.8) is 0 Å². The van der Waals surface area contributed by atoms with Gasteiger partial charge in [-0.15, -0.1) is 11.6 Å². The number of hydrogen-bond donors (Lipinski definition) is 0. The van der Waals surface area contributed by atoms with Gasteiger partial charge in [-0.3, -0.25) is 10.1 Å². The van der Waals surface area contributed by atoms with E-state index in [1.54, 1.807) is 12.1 Å². The van der Waals surface area contributed by atoms with Crippen LogP contribution in [-0.2, 0) is 6.42 Å². The molecule has 20 heavy (non-hydrogen) atoms. The molecule has 1 fully saturated rings. The molecule has 0 N–H and O–H groups in total. The topological polar surface area (TPSA) is 52.4 Å². The van der Waals surface area contributed by atoms with Gasteiger partial charge >= 0.3 is 5.69 Å². The fraction of sp³-hybridized carbons (Fsp3) is 0.600. The Labute approximate surface area is 124 Å². The Morgan fingerprint density at radius 3 is 2.70 bits per heavy atom. The quantitative estimate of drug-likeness (QED) is 0.462. The summed E-state index contributed by atoms with van der Waals surface area (Å²) in [6, 6.07) is 5.17. The molecule has 0 aromatic heterocycles. The number of alkyl halides is 1. The third-order valence-corrected chi connectivity index (χ3v) is 5.21. The number of benzene rings is 1. The summed E-state index contributed by atoms with van der Waals surface area (Å²) >= 11 is 6.25. The maximum absolute atomic E-state index is 11.2. The zero-order chi connectivity index (χ0) is 14.9. The molecule has 0 bridgehead atoms. The van der Waals surface area contributed by atoms with Crippen LogP contribution in [0.1, 0.15) is 39.2 Å². The van der Waals surface area contributed by atoms with Crippen LogP contribution in [-0.4, -0.2) is 16.4 Å². The Morgan fingerprint density at radius 2 is 2.20 bits per heavy atom. The molecule has 0 amide bonds. The molecule has 1 aliphatic carbocycles. The third kappa shape index (κ3) is 2.49. The van der Waals surface area contributed by atoms with Gasteiger partial charge in [-0.2, -0.15) is 0 Å². The van der Waals surface area contributed by atoms with Crippen LogP contribution in [0.15, 0.2) is 18.2 Å². The van der Waals surface area contributed by atoms with Crippen LogP contribution in [0.25, 0.3) is 0 Å². The second-order valence-corrected chi connectivity index (χ2v) is 6.11. The van der Waals surface area contributed by atoms with Crippen molar-refractivity contribution in [2.45, 2.75) is 51.5 Å². The van der Waals surface area contributed by atoms with E-state index in [0.717, 1.165) is 24.8 Å². The summed E-state index contributed by atoms with van der Waals surface area (Å²) in [5.41, 5.74) is 0.866. The van der Waals surface area contributed by atoms with Crippen molar-refractivity contribution in [2.75, 3.05) is 0 Å². The van der Waals surface area contributed by atoms with Gasteiger partial charge in [0.15, 0.2) is 5.75 Å². The highest BCUT2D eigenvalue weighted by Crippen LogP contribution is 2.49. The molecule has 3 atom stereocenters. The van der Waals surface area contributed by atoms with Crippen LogP contribution in [0.5, 0.6) is 5.75 Å². The Bertz CT molecular complexity index is 520. The van der Waals surface area contributed by atoms with Crippen molar-refractivity contribution >= 4 is 17.3 Å². The lowest BCUT2D eigenvalue weighted by atomic mass is 9.65. The van der Waals surface area contributed by atoms with Gasteiger partial charge in [0.2, 0.25) is 0 Å². The van der Waals surface area contributed by atoms with E-state index in [-0.39, 0.29) is 27.5 Å². The van der Waals surface area contributed by atoms with Gasteiger partial charge in [0, 0.05) is 23.3 Å². The molecule has 0 aliphatic heterocycles. The van der Waals surface area contributed by atoms with Crippen LogP contribution < -0.4 is 4.74 Å². The van der Waals surface area contributed by atoms with Crippen molar-refractivity contribution < 1.29 is 9.66 Å². The summed E-state index contributed by atoms with van der Waals surface area (Å²) in [5.74, 6) is 0.348. The molecular formula is C15H20ClNO3. The Balaban J connectivity index is 2.24. The molecule has 1 aliphatic rings. The molecule has 4 nitrogen and oxygen atoms in total. The summed E-state index contributed by atoms with van der Waals surface area (Å²) in [4.78, 5) is 10.8. The van der Waals surface area contributed by atoms with E-state index in [1.807, 2.05) is 13.0 Å². The molecule has 0 saturated heterocycles. The number of nitro groups is 1. The SMILES string of the molecule is CCc1ccc(OC2CC(Cl)C2(C)CC)c([N+](=O)[O-])c1. The molecule has 2 rings (SSSR count). The minimum Gasteiger partial charge on any atom is -0.483 e. The van der Waals surface area contributed by atoms with Gasteiger partial charge in [-0.1, -0.05) is 26.8 Å². The summed E-state index contributed by atoms with van der Waals surface area (Å²) in [5, 5.41) is 11.2. The monoisotopic (exact) mass is 297 g/mol. The van der Waals surface area contributed by atoms with Crippen LogP contribution in [0.3, 0.4) is 0 Å². The molecule has 0 heterocycles. The molecular weight excluding hydrogens is 278 g/mol. The molecule has 0 radical (unpaired) electrons. The molecule has 3 unspecified atom stereocenters. The first-order valence-corrected chi connectivity index (χ1v) is 7.44. The molecule has 1 aromatic rings. The van der Waals surface area contributed by atoms with Crippen molar-refractivity contribution in [1.82, 2.24) is 0 Å². The number of aryl methyl sites for hydroxylation is 1. The summed E-state index contributed by atoms with van der Waals surface area (Å²) < 4.78 is 5.89. The largest absolute Gasteiger partial charge is 0.483 e. The summed E-state index contributed by atoms with van der Waals surface area (Å²) in [7, 11) is 0. The van der Waals surface area contributed by atoms with Crippen molar-refractivity contribution in [1.29, 1.82) is 0 Å². The normalized spacial score (nSPS) is 28.8. The van der Waals surface area contributed by atoms with Gasteiger partial charge < -0.3 is 4.74 Å². The molecule has 1 saturated carbocycles. The van der Waals surface area contributed by atoms with E-state index in [0.29, 0.717) is 5.75 Å². The van der Waals surface area contributed by atoms with E-state index in [1.165, 1.54) is 0 Å². The van der Waals surface area contributed by atoms with Gasteiger partial charge in [-0.05, 0) is 24.5 Å². The van der Waals surface area contributed by atoms with Gasteiger partial charge in [0.25, 0.3) is 0 Å². The molecule has 0 spiro atoms. The minimum absolute atomic E-state index is 0.0424. The zero-order valence-electron chi connectivity index (χ0n) is 12.1. The van der Waals surface area contributed by atoms with Crippen molar-refractivity contribution in [3.05, 3.63) is 33.9 Å². The maximum atomic E-state index is 11.2.